The van der Waals surface area contributed by atoms with Gasteiger partial charge in [-0.05, 0) is 25.1 Å². The molecule has 0 saturated heterocycles. The Labute approximate surface area is 171 Å². The third-order valence-electron chi connectivity index (χ3n) is 4.54. The summed E-state index contributed by atoms with van der Waals surface area (Å²) >= 11 is 0. The van der Waals surface area contributed by atoms with E-state index in [2.05, 4.69) is 25.7 Å². The van der Waals surface area contributed by atoms with E-state index in [1.807, 2.05) is 13.0 Å². The van der Waals surface area contributed by atoms with Crippen molar-refractivity contribution in [3.05, 3.63) is 65.7 Å². The van der Waals surface area contributed by atoms with Crippen LogP contribution in [0, 0.1) is 6.92 Å². The van der Waals surface area contributed by atoms with Gasteiger partial charge in [-0.3, -0.25) is 19.3 Å². The molecule has 0 saturated carbocycles. The van der Waals surface area contributed by atoms with Crippen LogP contribution in [0.1, 0.15) is 26.4 Å². The maximum atomic E-state index is 12.3. The first-order valence-corrected chi connectivity index (χ1v) is 9.33. The second kappa shape index (κ2) is 8.11. The smallest absolute Gasteiger partial charge is 0.262 e. The highest BCUT2D eigenvalue weighted by Gasteiger charge is 2.36. The highest BCUT2D eigenvalue weighted by molar-refractivity contribution is 6.22. The van der Waals surface area contributed by atoms with Gasteiger partial charge in [-0.2, -0.15) is 5.10 Å². The molecule has 0 spiro atoms. The van der Waals surface area contributed by atoms with Gasteiger partial charge in [0.05, 0.1) is 16.8 Å². The fraction of sp³-hybridized carbons (Fsp3) is 0.200. The molecule has 30 heavy (non-hydrogen) atoms. The third kappa shape index (κ3) is 3.88. The number of nitrogens with zero attached hydrogens (tertiary/aromatic N) is 5. The van der Waals surface area contributed by atoms with Gasteiger partial charge in [0.15, 0.2) is 5.82 Å². The summed E-state index contributed by atoms with van der Waals surface area (Å²) in [4.78, 5) is 46.0. The van der Waals surface area contributed by atoms with E-state index in [1.165, 1.54) is 6.33 Å². The van der Waals surface area contributed by atoms with Crippen molar-refractivity contribution in [1.29, 1.82) is 0 Å². The molecule has 3 heterocycles. The molecule has 3 aromatic rings. The molecule has 0 bridgehead atoms. The minimum absolute atomic E-state index is 0.294. The van der Waals surface area contributed by atoms with Crippen molar-refractivity contribution in [3.8, 4) is 5.82 Å². The summed E-state index contributed by atoms with van der Waals surface area (Å²) in [5.41, 5.74) is 1.52. The number of imide groups is 1. The predicted molar refractivity (Wildman–Crippen MR) is 107 cm³/mol. The number of fused-ring (bicyclic) bond motifs is 1. The Balaban J connectivity index is 1.26. The molecule has 2 aromatic heterocycles. The first-order valence-electron chi connectivity index (χ1n) is 9.33. The topological polar surface area (TPSA) is 122 Å². The maximum absolute atomic E-state index is 12.3. The van der Waals surface area contributed by atoms with Crippen LogP contribution in [0.5, 0.6) is 0 Å². The van der Waals surface area contributed by atoms with Crippen molar-refractivity contribution in [2.75, 3.05) is 25.0 Å². The van der Waals surface area contributed by atoms with Crippen LogP contribution >= 0.6 is 0 Å². The predicted octanol–water partition coefficient (Wildman–Crippen LogP) is 0.795. The largest absolute Gasteiger partial charge is 0.368 e. The molecule has 10 nitrogen and oxygen atoms in total. The van der Waals surface area contributed by atoms with E-state index >= 15 is 0 Å². The second-order valence-corrected chi connectivity index (χ2v) is 6.68. The van der Waals surface area contributed by atoms with Crippen LogP contribution in [0.2, 0.25) is 0 Å². The summed E-state index contributed by atoms with van der Waals surface area (Å²) in [7, 11) is 0. The number of hydrogen-bond donors (Lipinski definition) is 2. The second-order valence-electron chi connectivity index (χ2n) is 6.68. The number of anilines is 1. The maximum Gasteiger partial charge on any atom is 0.262 e. The zero-order valence-electron chi connectivity index (χ0n) is 16.2. The van der Waals surface area contributed by atoms with E-state index in [4.69, 9.17) is 0 Å². The van der Waals surface area contributed by atoms with Gasteiger partial charge in [0.25, 0.3) is 11.8 Å². The number of aryl methyl sites for hydroxylation is 1. The zero-order chi connectivity index (χ0) is 21.1. The Morgan fingerprint density at radius 3 is 2.43 bits per heavy atom. The third-order valence-corrected chi connectivity index (χ3v) is 4.54. The Morgan fingerprint density at radius 2 is 1.77 bits per heavy atom. The molecule has 2 N–H and O–H groups in total. The van der Waals surface area contributed by atoms with Gasteiger partial charge in [-0.25, -0.2) is 14.6 Å². The van der Waals surface area contributed by atoms with Crippen LogP contribution in [0.25, 0.3) is 5.82 Å². The number of amides is 3. The van der Waals surface area contributed by atoms with Crippen LogP contribution in [0.3, 0.4) is 0 Å². The Morgan fingerprint density at radius 1 is 1.03 bits per heavy atom. The molecule has 0 unspecified atom stereocenters. The Kier molecular flexibility index (Phi) is 5.21. The lowest BCUT2D eigenvalue weighted by atomic mass is 10.1. The van der Waals surface area contributed by atoms with Crippen molar-refractivity contribution in [2.24, 2.45) is 0 Å². The fourth-order valence-electron chi connectivity index (χ4n) is 3.09. The molecule has 1 aliphatic rings. The van der Waals surface area contributed by atoms with Crippen molar-refractivity contribution >= 4 is 23.5 Å². The lowest BCUT2D eigenvalue weighted by Crippen LogP contribution is -2.41. The van der Waals surface area contributed by atoms with Gasteiger partial charge in [0, 0.05) is 25.4 Å². The van der Waals surface area contributed by atoms with E-state index in [0.717, 1.165) is 10.6 Å². The van der Waals surface area contributed by atoms with Gasteiger partial charge in [0.1, 0.15) is 18.7 Å². The lowest BCUT2D eigenvalue weighted by Gasteiger charge is -2.14. The first-order chi connectivity index (χ1) is 14.5. The number of carbonyl (C=O) groups is 3. The van der Waals surface area contributed by atoms with Gasteiger partial charge in [0.2, 0.25) is 5.91 Å². The van der Waals surface area contributed by atoms with Gasteiger partial charge in [-0.1, -0.05) is 12.1 Å². The molecule has 0 aliphatic carbocycles. The number of aromatic nitrogens is 4. The number of rotatable bonds is 7. The zero-order valence-corrected chi connectivity index (χ0v) is 16.2. The first kappa shape index (κ1) is 19.2. The summed E-state index contributed by atoms with van der Waals surface area (Å²) in [5.74, 6) is -0.114. The minimum Gasteiger partial charge on any atom is -0.368 e. The molecule has 0 fully saturated rings. The highest BCUT2D eigenvalue weighted by Crippen LogP contribution is 2.21. The van der Waals surface area contributed by atoms with E-state index in [1.54, 1.807) is 41.2 Å². The van der Waals surface area contributed by atoms with E-state index in [-0.39, 0.29) is 6.54 Å². The minimum atomic E-state index is -0.453. The molecule has 0 atom stereocenters. The highest BCUT2D eigenvalue weighted by atomic mass is 16.2. The van der Waals surface area contributed by atoms with Crippen LogP contribution in [0.15, 0.2) is 48.9 Å². The van der Waals surface area contributed by atoms with E-state index in [0.29, 0.717) is 35.9 Å². The van der Waals surface area contributed by atoms with Crippen LogP contribution in [0.4, 0.5) is 5.82 Å². The van der Waals surface area contributed by atoms with Crippen molar-refractivity contribution < 1.29 is 14.4 Å². The average Bonchev–Trinajstić information content (AvgIpc) is 3.29. The summed E-state index contributed by atoms with van der Waals surface area (Å²) in [5, 5.41) is 10.1. The summed E-state index contributed by atoms with van der Waals surface area (Å²) in [6, 6.07) is 10.2. The Hall–Kier alpha value is -4.08. The molecule has 0 radical (unpaired) electrons. The van der Waals surface area contributed by atoms with Crippen LogP contribution in [-0.2, 0) is 4.79 Å². The van der Waals surface area contributed by atoms with Gasteiger partial charge < -0.3 is 10.6 Å². The molecule has 1 aliphatic heterocycles. The monoisotopic (exact) mass is 405 g/mol. The average molecular weight is 405 g/mol. The Bertz CT molecular complexity index is 1090. The lowest BCUT2D eigenvalue weighted by molar-refractivity contribution is -0.121. The number of nitrogens with one attached hydrogen (secondary N) is 2. The number of carbonyl (C=O) groups excluding carboxylic acids is 3. The van der Waals surface area contributed by atoms with Crippen LogP contribution < -0.4 is 10.6 Å². The molecule has 1 aromatic carbocycles. The van der Waals surface area contributed by atoms with Gasteiger partial charge >= 0.3 is 0 Å². The summed E-state index contributed by atoms with van der Waals surface area (Å²) < 4.78 is 1.64. The molecule has 152 valence electrons. The fourth-order valence-corrected chi connectivity index (χ4v) is 3.09. The number of hydrogen-bond acceptors (Lipinski definition) is 7. The van der Waals surface area contributed by atoms with Crippen molar-refractivity contribution in [1.82, 2.24) is 30.0 Å². The summed E-state index contributed by atoms with van der Waals surface area (Å²) in [6.07, 6.45) is 3.23. The quantitative estimate of drug-likeness (QED) is 0.440. The molecular weight excluding hydrogens is 386 g/mol. The SMILES string of the molecule is Cc1ccn(-c2cc(NCCNC(=O)CN3C(=O)c4ccccc4C3=O)ncn2)n1. The van der Waals surface area contributed by atoms with Crippen LogP contribution in [-0.4, -0.2) is 62.0 Å². The molecular formula is C20H19N7O3. The van der Waals surface area contributed by atoms with Gasteiger partial charge in [-0.15, -0.1) is 0 Å². The van der Waals surface area contributed by atoms with Crippen molar-refractivity contribution in [3.63, 3.8) is 0 Å². The number of benzene rings is 1. The van der Waals surface area contributed by atoms with Crippen molar-refractivity contribution in [2.45, 2.75) is 6.92 Å². The molecule has 10 heteroatoms. The summed E-state index contributed by atoms with van der Waals surface area (Å²) in [6.45, 7) is 2.27. The van der Waals surface area contributed by atoms with E-state index < -0.39 is 17.7 Å². The van der Waals surface area contributed by atoms with E-state index in [9.17, 15) is 14.4 Å². The molecule has 4 rings (SSSR count). The molecule has 3 amide bonds. The normalized spacial score (nSPS) is 12.8. The standard InChI is InChI=1S/C20H19N7O3/c1-13-6-9-27(25-13)17-10-16(23-12-24-17)21-7-8-22-18(28)11-26-19(29)14-4-2-3-5-15(14)20(26)30/h2-6,9-10,12H,7-8,11H2,1H3,(H,22,28)(H,21,23,24).